The molecular formula is C13H25N3O2. The summed E-state index contributed by atoms with van der Waals surface area (Å²) >= 11 is 0. The molecule has 104 valence electrons. The van der Waals surface area contributed by atoms with E-state index in [1.807, 2.05) is 32.7 Å². The second-order valence-electron chi connectivity index (χ2n) is 6.11. The maximum absolute atomic E-state index is 11.7. The average molecular weight is 255 g/mol. The Hall–Kier alpha value is -1.10. The van der Waals surface area contributed by atoms with E-state index in [9.17, 15) is 9.59 Å². The van der Waals surface area contributed by atoms with E-state index in [1.54, 1.807) is 0 Å². The number of imide groups is 1. The van der Waals surface area contributed by atoms with E-state index in [-0.39, 0.29) is 18.0 Å². The van der Waals surface area contributed by atoms with Crippen LogP contribution in [0.1, 0.15) is 46.5 Å². The number of amides is 3. The summed E-state index contributed by atoms with van der Waals surface area (Å²) < 4.78 is 0. The third-order valence-electron chi connectivity index (χ3n) is 3.08. The summed E-state index contributed by atoms with van der Waals surface area (Å²) in [5, 5.41) is 5.06. The SMILES string of the molecule is CN(CC(=O)NC(=O)NC(C)(C)C)C1CCCC1. The highest BCUT2D eigenvalue weighted by molar-refractivity contribution is 5.95. The van der Waals surface area contributed by atoms with Gasteiger partial charge in [0.2, 0.25) is 5.91 Å². The molecule has 0 saturated heterocycles. The predicted octanol–water partition coefficient (Wildman–Crippen LogP) is 1.49. The van der Waals surface area contributed by atoms with Crippen LogP contribution in [0.4, 0.5) is 4.79 Å². The standard InChI is InChI=1S/C13H25N3O2/c1-13(2,3)15-12(18)14-11(17)9-16(4)10-7-5-6-8-10/h10H,5-9H2,1-4H3,(H2,14,15,17,18). The molecule has 1 saturated carbocycles. The Balaban J connectivity index is 2.30. The molecule has 1 aliphatic rings. The van der Waals surface area contributed by atoms with Gasteiger partial charge >= 0.3 is 6.03 Å². The Bertz CT molecular complexity index is 304. The Kier molecular flexibility index (Phi) is 5.14. The molecule has 0 heterocycles. The van der Waals surface area contributed by atoms with E-state index in [4.69, 9.17) is 0 Å². The molecule has 0 atom stereocenters. The molecule has 0 unspecified atom stereocenters. The van der Waals surface area contributed by atoms with Crippen LogP contribution in [0.5, 0.6) is 0 Å². The zero-order valence-corrected chi connectivity index (χ0v) is 11.9. The largest absolute Gasteiger partial charge is 0.333 e. The molecule has 1 fully saturated rings. The number of rotatable bonds is 3. The number of nitrogens with zero attached hydrogens (tertiary/aromatic N) is 1. The molecule has 3 amide bonds. The van der Waals surface area contributed by atoms with Gasteiger partial charge in [0, 0.05) is 11.6 Å². The van der Waals surface area contributed by atoms with Crippen LogP contribution in [-0.2, 0) is 4.79 Å². The molecule has 0 aromatic carbocycles. The smallest absolute Gasteiger partial charge is 0.321 e. The summed E-state index contributed by atoms with van der Waals surface area (Å²) in [6, 6.07) is 0.0637. The Labute approximate surface area is 109 Å². The van der Waals surface area contributed by atoms with Crippen molar-refractivity contribution >= 4 is 11.9 Å². The predicted molar refractivity (Wildman–Crippen MR) is 71.3 cm³/mol. The van der Waals surface area contributed by atoms with Gasteiger partial charge < -0.3 is 5.32 Å². The molecule has 0 aromatic rings. The van der Waals surface area contributed by atoms with Gasteiger partial charge in [-0.05, 0) is 40.7 Å². The molecule has 0 radical (unpaired) electrons. The van der Waals surface area contributed by atoms with Crippen LogP contribution in [0, 0.1) is 0 Å². The van der Waals surface area contributed by atoms with Gasteiger partial charge in [0.25, 0.3) is 0 Å². The molecule has 18 heavy (non-hydrogen) atoms. The second kappa shape index (κ2) is 6.18. The quantitative estimate of drug-likeness (QED) is 0.803. The molecular weight excluding hydrogens is 230 g/mol. The van der Waals surface area contributed by atoms with Crippen LogP contribution in [0.3, 0.4) is 0 Å². The van der Waals surface area contributed by atoms with Crippen molar-refractivity contribution in [3.05, 3.63) is 0 Å². The zero-order chi connectivity index (χ0) is 13.8. The highest BCUT2D eigenvalue weighted by atomic mass is 16.2. The van der Waals surface area contributed by atoms with Crippen LogP contribution in [0.25, 0.3) is 0 Å². The van der Waals surface area contributed by atoms with E-state index >= 15 is 0 Å². The number of carbonyl (C=O) groups excluding carboxylic acids is 2. The van der Waals surface area contributed by atoms with Crippen molar-refractivity contribution in [2.75, 3.05) is 13.6 Å². The Morgan fingerprint density at radius 2 is 1.78 bits per heavy atom. The minimum atomic E-state index is -0.424. The van der Waals surface area contributed by atoms with E-state index in [1.165, 1.54) is 12.8 Å². The van der Waals surface area contributed by atoms with Crippen LogP contribution >= 0.6 is 0 Å². The summed E-state index contributed by atoms with van der Waals surface area (Å²) in [5.74, 6) is -0.244. The summed E-state index contributed by atoms with van der Waals surface area (Å²) in [5.41, 5.74) is -0.332. The monoisotopic (exact) mass is 255 g/mol. The minimum Gasteiger partial charge on any atom is -0.333 e. The normalized spacial score (nSPS) is 16.9. The first kappa shape index (κ1) is 15.0. The average Bonchev–Trinajstić information content (AvgIpc) is 2.65. The van der Waals surface area contributed by atoms with Gasteiger partial charge in [0.05, 0.1) is 6.54 Å². The molecule has 0 aromatic heterocycles. The fourth-order valence-electron chi connectivity index (χ4n) is 2.24. The van der Waals surface area contributed by atoms with Crippen molar-refractivity contribution in [1.29, 1.82) is 0 Å². The number of carbonyl (C=O) groups is 2. The highest BCUT2D eigenvalue weighted by Gasteiger charge is 2.22. The minimum absolute atomic E-state index is 0.244. The Morgan fingerprint density at radius 1 is 1.22 bits per heavy atom. The first-order valence-corrected chi connectivity index (χ1v) is 6.60. The summed E-state index contributed by atoms with van der Waals surface area (Å²) in [6.07, 6.45) is 4.78. The van der Waals surface area contributed by atoms with E-state index in [0.29, 0.717) is 6.04 Å². The Morgan fingerprint density at radius 3 is 2.28 bits per heavy atom. The van der Waals surface area contributed by atoms with Crippen LogP contribution in [0.15, 0.2) is 0 Å². The fraction of sp³-hybridized carbons (Fsp3) is 0.846. The van der Waals surface area contributed by atoms with Gasteiger partial charge in [0.15, 0.2) is 0 Å². The van der Waals surface area contributed by atoms with E-state index in [0.717, 1.165) is 12.8 Å². The number of likely N-dealkylation sites (N-methyl/N-ethyl adjacent to an activating group) is 1. The lowest BCUT2D eigenvalue weighted by molar-refractivity contribution is -0.121. The lowest BCUT2D eigenvalue weighted by Crippen LogP contribution is -2.50. The second-order valence-corrected chi connectivity index (χ2v) is 6.11. The van der Waals surface area contributed by atoms with E-state index < -0.39 is 6.03 Å². The third kappa shape index (κ3) is 5.49. The summed E-state index contributed by atoms with van der Waals surface area (Å²) in [6.45, 7) is 5.91. The molecule has 1 aliphatic carbocycles. The van der Waals surface area contributed by atoms with Crippen molar-refractivity contribution in [3.8, 4) is 0 Å². The number of urea groups is 1. The zero-order valence-electron chi connectivity index (χ0n) is 11.9. The molecule has 5 heteroatoms. The van der Waals surface area contributed by atoms with Crippen LogP contribution in [-0.4, -0.2) is 42.0 Å². The number of nitrogens with one attached hydrogen (secondary N) is 2. The number of hydrogen-bond acceptors (Lipinski definition) is 3. The third-order valence-corrected chi connectivity index (χ3v) is 3.08. The molecule has 0 bridgehead atoms. The van der Waals surface area contributed by atoms with Crippen LogP contribution in [0.2, 0.25) is 0 Å². The summed E-state index contributed by atoms with van der Waals surface area (Å²) in [7, 11) is 1.94. The topological polar surface area (TPSA) is 61.4 Å². The molecule has 1 rings (SSSR count). The van der Waals surface area contributed by atoms with Gasteiger partial charge in [0.1, 0.15) is 0 Å². The maximum atomic E-state index is 11.7. The highest BCUT2D eigenvalue weighted by Crippen LogP contribution is 2.21. The lowest BCUT2D eigenvalue weighted by atomic mass is 10.1. The van der Waals surface area contributed by atoms with Crippen LogP contribution < -0.4 is 10.6 Å². The molecule has 0 aliphatic heterocycles. The lowest BCUT2D eigenvalue weighted by Gasteiger charge is -2.24. The van der Waals surface area contributed by atoms with E-state index in [2.05, 4.69) is 10.6 Å². The first-order valence-electron chi connectivity index (χ1n) is 6.60. The summed E-state index contributed by atoms with van der Waals surface area (Å²) in [4.78, 5) is 25.2. The van der Waals surface area contributed by atoms with Gasteiger partial charge in [-0.25, -0.2) is 4.79 Å². The van der Waals surface area contributed by atoms with Crippen molar-refractivity contribution in [1.82, 2.24) is 15.5 Å². The van der Waals surface area contributed by atoms with Crippen molar-refractivity contribution in [3.63, 3.8) is 0 Å². The van der Waals surface area contributed by atoms with Gasteiger partial charge in [-0.15, -0.1) is 0 Å². The molecule has 5 nitrogen and oxygen atoms in total. The first-order chi connectivity index (χ1) is 8.28. The van der Waals surface area contributed by atoms with Gasteiger partial charge in [-0.3, -0.25) is 15.0 Å². The number of hydrogen-bond donors (Lipinski definition) is 2. The maximum Gasteiger partial charge on any atom is 0.321 e. The van der Waals surface area contributed by atoms with Crippen molar-refractivity contribution in [2.24, 2.45) is 0 Å². The van der Waals surface area contributed by atoms with Gasteiger partial charge in [-0.2, -0.15) is 0 Å². The molecule has 0 spiro atoms. The van der Waals surface area contributed by atoms with Crippen molar-refractivity contribution in [2.45, 2.75) is 58.0 Å². The fourth-order valence-corrected chi connectivity index (χ4v) is 2.24. The van der Waals surface area contributed by atoms with Crippen molar-refractivity contribution < 1.29 is 9.59 Å². The van der Waals surface area contributed by atoms with Gasteiger partial charge in [-0.1, -0.05) is 12.8 Å². The molecule has 2 N–H and O–H groups in total.